The molecular weight excluding hydrogens is 328 g/mol. The number of amides is 1. The van der Waals surface area contributed by atoms with Crippen LogP contribution in [0.25, 0.3) is 6.08 Å². The van der Waals surface area contributed by atoms with Crippen molar-refractivity contribution in [2.75, 3.05) is 32.8 Å². The van der Waals surface area contributed by atoms with Crippen molar-refractivity contribution < 1.29 is 13.9 Å². The Bertz CT molecular complexity index is 760. The van der Waals surface area contributed by atoms with E-state index in [2.05, 4.69) is 10.2 Å². The molecule has 2 aromatic rings. The van der Waals surface area contributed by atoms with Gasteiger partial charge in [0.1, 0.15) is 11.5 Å². The van der Waals surface area contributed by atoms with Crippen molar-refractivity contribution >= 4 is 12.0 Å². The summed E-state index contributed by atoms with van der Waals surface area (Å²) in [5.74, 6) is 1.66. The van der Waals surface area contributed by atoms with Crippen molar-refractivity contribution in [3.8, 4) is 0 Å². The summed E-state index contributed by atoms with van der Waals surface area (Å²) in [7, 11) is 0. The van der Waals surface area contributed by atoms with Gasteiger partial charge >= 0.3 is 0 Å². The number of nitrogens with one attached hydrogen (secondary N) is 1. The number of morpholine rings is 1. The van der Waals surface area contributed by atoms with Gasteiger partial charge in [0.25, 0.3) is 0 Å². The molecule has 1 saturated heterocycles. The zero-order chi connectivity index (χ0) is 18.4. The molecule has 1 atom stereocenters. The van der Waals surface area contributed by atoms with Crippen LogP contribution in [0.4, 0.5) is 0 Å². The lowest BCUT2D eigenvalue weighted by atomic mass is 10.1. The van der Waals surface area contributed by atoms with Gasteiger partial charge in [-0.2, -0.15) is 0 Å². The van der Waals surface area contributed by atoms with E-state index in [1.54, 1.807) is 6.08 Å². The minimum Gasteiger partial charge on any atom is -0.465 e. The van der Waals surface area contributed by atoms with Gasteiger partial charge in [0, 0.05) is 25.7 Å². The van der Waals surface area contributed by atoms with Crippen molar-refractivity contribution in [2.45, 2.75) is 19.9 Å². The van der Waals surface area contributed by atoms with Crippen LogP contribution >= 0.6 is 0 Å². The van der Waals surface area contributed by atoms with Crippen molar-refractivity contribution in [1.29, 1.82) is 0 Å². The number of hydrogen-bond donors (Lipinski definition) is 1. The van der Waals surface area contributed by atoms with E-state index in [0.29, 0.717) is 19.8 Å². The zero-order valence-electron chi connectivity index (χ0n) is 15.4. The van der Waals surface area contributed by atoms with Crippen LogP contribution in [-0.2, 0) is 9.53 Å². The number of aryl methyl sites for hydroxylation is 2. The average Bonchev–Trinajstić information content (AvgIpc) is 3.07. The van der Waals surface area contributed by atoms with Crippen molar-refractivity contribution in [3.05, 3.63) is 65.1 Å². The van der Waals surface area contributed by atoms with E-state index in [-0.39, 0.29) is 11.9 Å². The molecule has 1 aromatic heterocycles. The molecule has 1 amide bonds. The van der Waals surface area contributed by atoms with Crippen LogP contribution < -0.4 is 5.32 Å². The maximum absolute atomic E-state index is 12.3. The minimum atomic E-state index is -0.104. The van der Waals surface area contributed by atoms with Gasteiger partial charge in [-0.15, -0.1) is 0 Å². The standard InChI is InChI=1S/C21H26N2O3/c1-16-4-3-5-18(14-16)7-9-21(24)22-15-19(20-8-6-17(2)26-20)23-10-12-25-13-11-23/h3-9,14,19H,10-13,15H2,1-2H3,(H,22,24)/b9-7+. The smallest absolute Gasteiger partial charge is 0.244 e. The highest BCUT2D eigenvalue weighted by Gasteiger charge is 2.25. The van der Waals surface area contributed by atoms with E-state index in [1.807, 2.05) is 56.3 Å². The Morgan fingerprint density at radius 2 is 2.04 bits per heavy atom. The van der Waals surface area contributed by atoms with Crippen molar-refractivity contribution in [1.82, 2.24) is 10.2 Å². The van der Waals surface area contributed by atoms with Crippen LogP contribution in [0.5, 0.6) is 0 Å². The molecule has 0 saturated carbocycles. The quantitative estimate of drug-likeness (QED) is 0.810. The Hall–Kier alpha value is -2.37. The highest BCUT2D eigenvalue weighted by Crippen LogP contribution is 2.23. The number of ether oxygens (including phenoxy) is 1. The molecule has 1 aliphatic rings. The van der Waals surface area contributed by atoms with E-state index < -0.39 is 0 Å². The van der Waals surface area contributed by atoms with Gasteiger partial charge in [0.05, 0.1) is 19.3 Å². The van der Waals surface area contributed by atoms with Crippen LogP contribution in [0.15, 0.2) is 46.9 Å². The van der Waals surface area contributed by atoms with Gasteiger partial charge in [-0.1, -0.05) is 29.8 Å². The maximum atomic E-state index is 12.3. The second kappa shape index (κ2) is 8.83. The second-order valence-corrected chi connectivity index (χ2v) is 6.61. The molecule has 1 aliphatic heterocycles. The van der Waals surface area contributed by atoms with Gasteiger partial charge in [0.15, 0.2) is 0 Å². The summed E-state index contributed by atoms with van der Waals surface area (Å²) < 4.78 is 11.3. The summed E-state index contributed by atoms with van der Waals surface area (Å²) in [5, 5.41) is 3.00. The van der Waals surface area contributed by atoms with Gasteiger partial charge < -0.3 is 14.5 Å². The highest BCUT2D eigenvalue weighted by molar-refractivity contribution is 5.91. The predicted molar refractivity (Wildman–Crippen MR) is 102 cm³/mol. The van der Waals surface area contributed by atoms with Crippen LogP contribution in [0.1, 0.15) is 28.7 Å². The normalized spacial score (nSPS) is 16.7. The van der Waals surface area contributed by atoms with Gasteiger partial charge in [-0.3, -0.25) is 9.69 Å². The molecule has 1 aromatic carbocycles. The van der Waals surface area contributed by atoms with Crippen LogP contribution in [0, 0.1) is 13.8 Å². The molecule has 1 N–H and O–H groups in total. The first-order chi connectivity index (χ1) is 12.6. The molecule has 0 radical (unpaired) electrons. The largest absolute Gasteiger partial charge is 0.465 e. The Morgan fingerprint density at radius 1 is 1.23 bits per heavy atom. The Balaban J connectivity index is 1.62. The molecule has 0 spiro atoms. The topological polar surface area (TPSA) is 54.7 Å². The highest BCUT2D eigenvalue weighted by atomic mass is 16.5. The first-order valence-electron chi connectivity index (χ1n) is 9.02. The fourth-order valence-electron chi connectivity index (χ4n) is 3.13. The number of hydrogen-bond acceptors (Lipinski definition) is 4. The number of carbonyl (C=O) groups excluding carboxylic acids is 1. The SMILES string of the molecule is Cc1cccc(/C=C/C(=O)NCC(c2ccc(C)o2)N2CCOCC2)c1. The number of furan rings is 1. The molecule has 5 nitrogen and oxygen atoms in total. The van der Waals surface area contributed by atoms with Crippen molar-refractivity contribution in [2.24, 2.45) is 0 Å². The lowest BCUT2D eigenvalue weighted by Gasteiger charge is -2.33. The first-order valence-corrected chi connectivity index (χ1v) is 9.02. The van der Waals surface area contributed by atoms with Gasteiger partial charge in [-0.05, 0) is 37.6 Å². The molecule has 0 bridgehead atoms. The van der Waals surface area contributed by atoms with E-state index in [0.717, 1.165) is 30.2 Å². The first kappa shape index (κ1) is 18.4. The number of benzene rings is 1. The molecule has 1 fully saturated rings. The van der Waals surface area contributed by atoms with Crippen molar-refractivity contribution in [3.63, 3.8) is 0 Å². The Labute approximate surface area is 154 Å². The third-order valence-corrected chi connectivity index (χ3v) is 4.51. The molecule has 26 heavy (non-hydrogen) atoms. The number of rotatable bonds is 6. The monoisotopic (exact) mass is 354 g/mol. The molecule has 2 heterocycles. The molecule has 1 unspecified atom stereocenters. The van der Waals surface area contributed by atoms with E-state index in [4.69, 9.17) is 9.15 Å². The van der Waals surface area contributed by atoms with Gasteiger partial charge in [0.2, 0.25) is 5.91 Å². The summed E-state index contributed by atoms with van der Waals surface area (Å²) >= 11 is 0. The summed E-state index contributed by atoms with van der Waals surface area (Å²) in [4.78, 5) is 14.6. The lowest BCUT2D eigenvalue weighted by Crippen LogP contribution is -2.43. The van der Waals surface area contributed by atoms with Gasteiger partial charge in [-0.25, -0.2) is 0 Å². The lowest BCUT2D eigenvalue weighted by molar-refractivity contribution is -0.116. The molecular formula is C21H26N2O3. The summed E-state index contributed by atoms with van der Waals surface area (Å²) in [5.41, 5.74) is 2.19. The van der Waals surface area contributed by atoms with Crippen LogP contribution in [0.2, 0.25) is 0 Å². The Morgan fingerprint density at radius 3 is 2.73 bits per heavy atom. The molecule has 5 heteroatoms. The Kier molecular flexibility index (Phi) is 6.26. The van der Waals surface area contributed by atoms with E-state index in [1.165, 1.54) is 5.56 Å². The predicted octanol–water partition coefficient (Wildman–Crippen LogP) is 3.10. The third-order valence-electron chi connectivity index (χ3n) is 4.51. The van der Waals surface area contributed by atoms with E-state index in [9.17, 15) is 4.79 Å². The van der Waals surface area contributed by atoms with E-state index >= 15 is 0 Å². The number of carbonyl (C=O) groups is 1. The minimum absolute atomic E-state index is 0.0175. The molecule has 138 valence electrons. The molecule has 3 rings (SSSR count). The summed E-state index contributed by atoms with van der Waals surface area (Å²) in [6.07, 6.45) is 3.42. The second-order valence-electron chi connectivity index (χ2n) is 6.61. The molecule has 0 aliphatic carbocycles. The zero-order valence-corrected chi connectivity index (χ0v) is 15.4. The summed E-state index contributed by atoms with van der Waals surface area (Å²) in [6.45, 7) is 7.55. The average molecular weight is 354 g/mol. The number of nitrogens with zero attached hydrogens (tertiary/aromatic N) is 1. The van der Waals surface area contributed by atoms with Crippen LogP contribution in [-0.4, -0.2) is 43.7 Å². The fourth-order valence-corrected chi connectivity index (χ4v) is 3.13. The van der Waals surface area contributed by atoms with Crippen LogP contribution in [0.3, 0.4) is 0 Å². The maximum Gasteiger partial charge on any atom is 0.244 e. The summed E-state index contributed by atoms with van der Waals surface area (Å²) in [6, 6.07) is 12.0. The third kappa shape index (κ3) is 5.07. The fraction of sp³-hybridized carbons (Fsp3) is 0.381.